The molecule has 36 heavy (non-hydrogen) atoms. The summed E-state index contributed by atoms with van der Waals surface area (Å²) in [5.41, 5.74) is 17.6. The molecule has 3 heterocycles. The second kappa shape index (κ2) is 11.6. The lowest BCUT2D eigenvalue weighted by Gasteiger charge is -2.51. The fraction of sp³-hybridized carbons (Fsp3) is 1.00. The minimum Gasteiger partial charge on any atom is -0.394 e. The first-order valence-electron chi connectivity index (χ1n) is 11.0. The maximum absolute atomic E-state index is 10.8. The molecule has 0 saturated carbocycles. The van der Waals surface area contributed by atoms with Gasteiger partial charge in [-0.15, -0.1) is 0 Å². The maximum atomic E-state index is 10.8. The first-order chi connectivity index (χ1) is 16.7. The molecule has 14 N–H and O–H groups in total. The molecule has 0 aromatic rings. The van der Waals surface area contributed by atoms with Crippen LogP contribution in [0.2, 0.25) is 0 Å². The standard InChI is InChI=1S/C18H33Cl2N3O13/c19-17(3-26)18(20,31)13(29)8(23)16(36-17)35-12-5(2-25)33-15(7(22)10(12)28)34-11-4(1-24)32-14(30)6(21)9(11)27/h4-16,24-31H,1-3,21-23H2/t4-,5-,6-,7-,8-,9-,10-,11?,12?,13-,14-,15+,16+,17+,18-/m1/s1. The molecule has 3 saturated heterocycles. The van der Waals surface area contributed by atoms with Gasteiger partial charge in [0.15, 0.2) is 18.9 Å². The molecule has 3 aliphatic rings. The summed E-state index contributed by atoms with van der Waals surface area (Å²) < 4.78 is 27.3. The van der Waals surface area contributed by atoms with Crippen molar-refractivity contribution in [3.05, 3.63) is 0 Å². The first-order valence-corrected chi connectivity index (χ1v) is 11.7. The zero-order chi connectivity index (χ0) is 27.2. The summed E-state index contributed by atoms with van der Waals surface area (Å²) in [6, 6.07) is -4.25. The highest BCUT2D eigenvalue weighted by Crippen LogP contribution is 2.44. The Hall–Kier alpha value is -0.0600. The molecule has 0 aliphatic carbocycles. The van der Waals surface area contributed by atoms with Gasteiger partial charge in [0.25, 0.3) is 0 Å². The van der Waals surface area contributed by atoms with Crippen LogP contribution < -0.4 is 17.2 Å². The van der Waals surface area contributed by atoms with E-state index in [9.17, 15) is 40.9 Å². The van der Waals surface area contributed by atoms with Crippen LogP contribution in [-0.4, -0.2) is 151 Å². The van der Waals surface area contributed by atoms with Gasteiger partial charge in [0, 0.05) is 0 Å². The van der Waals surface area contributed by atoms with Gasteiger partial charge in [-0.25, -0.2) is 0 Å². The van der Waals surface area contributed by atoms with Gasteiger partial charge >= 0.3 is 0 Å². The van der Waals surface area contributed by atoms with Gasteiger partial charge < -0.3 is 81.7 Å². The van der Waals surface area contributed by atoms with Crippen molar-refractivity contribution in [2.45, 2.75) is 89.8 Å². The Morgan fingerprint density at radius 1 is 0.750 bits per heavy atom. The van der Waals surface area contributed by atoms with Gasteiger partial charge in [0.1, 0.15) is 42.7 Å². The molecule has 2 unspecified atom stereocenters. The number of halogens is 2. The number of nitrogens with two attached hydrogens (primary N) is 3. The molecule has 16 nitrogen and oxygen atoms in total. The Kier molecular flexibility index (Phi) is 9.81. The summed E-state index contributed by atoms with van der Waals surface area (Å²) in [6.07, 6.45) is -15.3. The zero-order valence-electron chi connectivity index (χ0n) is 18.7. The first kappa shape index (κ1) is 30.5. The average Bonchev–Trinajstić information content (AvgIpc) is 2.85. The summed E-state index contributed by atoms with van der Waals surface area (Å²) in [7, 11) is 0. The molecule has 3 rings (SSSR count). The molecule has 3 aliphatic heterocycles. The van der Waals surface area contributed by atoms with Crippen LogP contribution in [0, 0.1) is 0 Å². The van der Waals surface area contributed by atoms with Gasteiger partial charge in [-0.3, -0.25) is 0 Å². The normalized spacial score (nSPS) is 54.4. The Labute approximate surface area is 214 Å². The molecular weight excluding hydrogens is 537 g/mol. The van der Waals surface area contributed by atoms with E-state index in [1.807, 2.05) is 0 Å². The number of aliphatic hydroxyl groups excluding tert-OH is 7. The Balaban J connectivity index is 1.76. The van der Waals surface area contributed by atoms with E-state index in [0.717, 1.165) is 0 Å². The molecule has 0 aromatic heterocycles. The molecule has 0 radical (unpaired) electrons. The minimum atomic E-state index is -2.71. The SMILES string of the molecule is N[C@H]1[C@@H](OC2[C@@H](CO)O[C@@H](OC3[C@@H](CO)O[C@@H](O)[C@H](N)[C@H]3O)[C@H](N)[C@H]2O)O[C@@](Cl)(CO)[C@@](O)(Cl)[C@@H]1O. The Morgan fingerprint density at radius 2 is 1.25 bits per heavy atom. The zero-order valence-corrected chi connectivity index (χ0v) is 20.2. The summed E-state index contributed by atoms with van der Waals surface area (Å²) in [6.45, 7) is -2.52. The van der Waals surface area contributed by atoms with Gasteiger partial charge in [-0.05, 0) is 0 Å². The van der Waals surface area contributed by atoms with E-state index >= 15 is 0 Å². The molecule has 0 bridgehead atoms. The van der Waals surface area contributed by atoms with Crippen molar-refractivity contribution in [2.24, 2.45) is 17.2 Å². The fourth-order valence-corrected chi connectivity index (χ4v) is 4.64. The second-order valence-electron chi connectivity index (χ2n) is 8.88. The fourth-order valence-electron chi connectivity index (χ4n) is 4.19. The van der Waals surface area contributed by atoms with E-state index in [1.54, 1.807) is 0 Å². The van der Waals surface area contributed by atoms with Crippen LogP contribution in [0.5, 0.6) is 0 Å². The highest BCUT2D eigenvalue weighted by atomic mass is 35.5. The van der Waals surface area contributed by atoms with E-state index in [0.29, 0.717) is 0 Å². The predicted molar refractivity (Wildman–Crippen MR) is 117 cm³/mol. The third-order valence-electron chi connectivity index (χ3n) is 6.50. The predicted octanol–water partition coefficient (Wildman–Crippen LogP) is -6.54. The molecular formula is C18H33Cl2N3O13. The van der Waals surface area contributed by atoms with Crippen molar-refractivity contribution in [2.75, 3.05) is 19.8 Å². The maximum Gasteiger partial charge on any atom is 0.212 e. The second-order valence-corrected chi connectivity index (χ2v) is 10.1. The van der Waals surface area contributed by atoms with Crippen molar-refractivity contribution in [3.8, 4) is 0 Å². The largest absolute Gasteiger partial charge is 0.394 e. The van der Waals surface area contributed by atoms with Gasteiger partial charge in [0.05, 0.1) is 37.9 Å². The van der Waals surface area contributed by atoms with E-state index in [4.69, 9.17) is 64.1 Å². The third kappa shape index (κ3) is 5.35. The number of hydrogen-bond acceptors (Lipinski definition) is 16. The lowest BCUT2D eigenvalue weighted by Crippen LogP contribution is -2.73. The van der Waals surface area contributed by atoms with Crippen molar-refractivity contribution in [1.29, 1.82) is 0 Å². The van der Waals surface area contributed by atoms with Crippen LogP contribution in [0.15, 0.2) is 0 Å². The quantitative estimate of drug-likeness (QED) is 0.127. The molecule has 212 valence electrons. The summed E-state index contributed by atoms with van der Waals surface area (Å²) in [4.78, 5) is 0. The van der Waals surface area contributed by atoms with Crippen LogP contribution in [0.3, 0.4) is 0 Å². The topological polar surface area (TPSA) is 286 Å². The van der Waals surface area contributed by atoms with E-state index in [-0.39, 0.29) is 0 Å². The number of hydrogen-bond donors (Lipinski definition) is 11. The molecule has 0 amide bonds. The van der Waals surface area contributed by atoms with Crippen molar-refractivity contribution < 1.29 is 64.5 Å². The van der Waals surface area contributed by atoms with Crippen molar-refractivity contribution in [1.82, 2.24) is 0 Å². The van der Waals surface area contributed by atoms with E-state index < -0.39 is 110 Å². The van der Waals surface area contributed by atoms with Crippen LogP contribution in [0.1, 0.15) is 0 Å². The van der Waals surface area contributed by atoms with Crippen LogP contribution in [-0.2, 0) is 23.7 Å². The van der Waals surface area contributed by atoms with E-state index in [1.165, 1.54) is 0 Å². The number of alkyl halides is 2. The number of aliphatic hydroxyl groups is 8. The Bertz CT molecular complexity index is 742. The molecule has 15 atom stereocenters. The Morgan fingerprint density at radius 3 is 1.78 bits per heavy atom. The molecule has 0 aromatic carbocycles. The summed E-state index contributed by atoms with van der Waals surface area (Å²) in [5, 5.41) is 75.4. The van der Waals surface area contributed by atoms with Gasteiger partial charge in [-0.2, -0.15) is 0 Å². The molecule has 18 heteroatoms. The van der Waals surface area contributed by atoms with Crippen LogP contribution in [0.4, 0.5) is 0 Å². The number of ether oxygens (including phenoxy) is 5. The third-order valence-corrected chi connectivity index (χ3v) is 7.63. The lowest BCUT2D eigenvalue weighted by molar-refractivity contribution is -0.354. The van der Waals surface area contributed by atoms with Crippen LogP contribution in [0.25, 0.3) is 0 Å². The minimum absolute atomic E-state index is 0.678. The van der Waals surface area contributed by atoms with E-state index in [2.05, 4.69) is 0 Å². The van der Waals surface area contributed by atoms with Crippen molar-refractivity contribution in [3.63, 3.8) is 0 Å². The summed E-state index contributed by atoms with van der Waals surface area (Å²) in [5.74, 6) is 0. The molecule has 3 fully saturated rings. The smallest absolute Gasteiger partial charge is 0.212 e. The van der Waals surface area contributed by atoms with Gasteiger partial charge in [0.2, 0.25) is 10.1 Å². The molecule has 0 spiro atoms. The monoisotopic (exact) mass is 569 g/mol. The van der Waals surface area contributed by atoms with Crippen LogP contribution >= 0.6 is 23.2 Å². The lowest BCUT2D eigenvalue weighted by atomic mass is 9.94. The van der Waals surface area contributed by atoms with Gasteiger partial charge in [-0.1, -0.05) is 23.2 Å². The average molecular weight is 570 g/mol. The summed E-state index contributed by atoms with van der Waals surface area (Å²) >= 11 is 11.9. The van der Waals surface area contributed by atoms with Crippen molar-refractivity contribution >= 4 is 23.2 Å². The highest BCUT2D eigenvalue weighted by molar-refractivity contribution is 6.33. The highest BCUT2D eigenvalue weighted by Gasteiger charge is 2.63. The number of rotatable bonds is 7.